The summed E-state index contributed by atoms with van der Waals surface area (Å²) in [7, 11) is 0. The summed E-state index contributed by atoms with van der Waals surface area (Å²) >= 11 is 1.53. The highest BCUT2D eigenvalue weighted by Gasteiger charge is 2.14. The van der Waals surface area contributed by atoms with E-state index in [0.717, 1.165) is 23.5 Å². The van der Waals surface area contributed by atoms with Crippen molar-refractivity contribution < 1.29 is 9.59 Å². The lowest BCUT2D eigenvalue weighted by Gasteiger charge is -2.15. The van der Waals surface area contributed by atoms with Gasteiger partial charge in [-0.2, -0.15) is 0 Å². The molecule has 1 aliphatic rings. The summed E-state index contributed by atoms with van der Waals surface area (Å²) in [6, 6.07) is 7.55. The van der Waals surface area contributed by atoms with Crippen LogP contribution in [0.3, 0.4) is 0 Å². The van der Waals surface area contributed by atoms with Gasteiger partial charge in [-0.15, -0.1) is 11.8 Å². The summed E-state index contributed by atoms with van der Waals surface area (Å²) in [5.74, 6) is -0.0152. The maximum Gasteiger partial charge on any atom is 0.233 e. The van der Waals surface area contributed by atoms with E-state index in [2.05, 4.69) is 16.7 Å². The third-order valence-corrected chi connectivity index (χ3v) is 5.10. The first-order valence-corrected chi connectivity index (χ1v) is 9.42. The van der Waals surface area contributed by atoms with E-state index in [1.807, 2.05) is 31.2 Å². The Labute approximate surface area is 148 Å². The summed E-state index contributed by atoms with van der Waals surface area (Å²) in [4.78, 5) is 24.2. The van der Waals surface area contributed by atoms with E-state index < -0.39 is 0 Å². The van der Waals surface area contributed by atoms with E-state index in [0.29, 0.717) is 0 Å². The molecule has 0 aliphatic heterocycles. The quantitative estimate of drug-likeness (QED) is 0.576. The number of benzene rings is 1. The van der Waals surface area contributed by atoms with E-state index in [-0.39, 0.29) is 17.1 Å². The van der Waals surface area contributed by atoms with Gasteiger partial charge >= 0.3 is 0 Å². The molecule has 1 aromatic carbocycles. The van der Waals surface area contributed by atoms with Crippen molar-refractivity contribution in [1.29, 1.82) is 0 Å². The Bertz CT molecular complexity index is 596. The summed E-state index contributed by atoms with van der Waals surface area (Å²) in [6.45, 7) is 4.12. The fraction of sp³-hybridized carbons (Fsp3) is 0.474. The Morgan fingerprint density at radius 3 is 2.58 bits per heavy atom. The fourth-order valence-corrected chi connectivity index (χ4v) is 3.59. The summed E-state index contributed by atoms with van der Waals surface area (Å²) < 4.78 is 0. The molecule has 0 spiro atoms. The minimum absolute atomic E-state index is 0.0716. The van der Waals surface area contributed by atoms with Crippen LogP contribution in [0.2, 0.25) is 0 Å². The number of thioether (sulfide) groups is 1. The smallest absolute Gasteiger partial charge is 0.233 e. The highest BCUT2D eigenvalue weighted by molar-refractivity contribution is 8.00. The van der Waals surface area contributed by atoms with Gasteiger partial charge in [-0.1, -0.05) is 11.6 Å². The van der Waals surface area contributed by atoms with Crippen LogP contribution in [0, 0.1) is 0 Å². The third kappa shape index (κ3) is 6.40. The lowest BCUT2D eigenvalue weighted by atomic mass is 9.97. The predicted molar refractivity (Wildman–Crippen MR) is 100 cm³/mol. The van der Waals surface area contributed by atoms with Crippen LogP contribution in [0.15, 0.2) is 40.8 Å². The number of hydrogen-bond donors (Lipinski definition) is 2. The molecule has 1 aromatic rings. The minimum Gasteiger partial charge on any atom is -0.355 e. The molecule has 2 amide bonds. The van der Waals surface area contributed by atoms with Crippen LogP contribution in [0.1, 0.15) is 46.0 Å². The van der Waals surface area contributed by atoms with Crippen molar-refractivity contribution in [3.8, 4) is 0 Å². The number of carbonyl (C=O) groups excluding carboxylic acids is 2. The van der Waals surface area contributed by atoms with E-state index in [4.69, 9.17) is 0 Å². The molecular weight excluding hydrogens is 320 g/mol. The lowest BCUT2D eigenvalue weighted by Crippen LogP contribution is -2.31. The molecule has 0 saturated heterocycles. The normalized spacial score (nSPS) is 15.3. The minimum atomic E-state index is -0.142. The topological polar surface area (TPSA) is 58.2 Å². The van der Waals surface area contributed by atoms with Gasteiger partial charge in [0, 0.05) is 24.1 Å². The van der Waals surface area contributed by atoms with Gasteiger partial charge in [0.1, 0.15) is 0 Å². The Hall–Kier alpha value is -1.75. The third-order valence-electron chi connectivity index (χ3n) is 3.99. The number of anilines is 1. The van der Waals surface area contributed by atoms with Gasteiger partial charge in [-0.25, -0.2) is 0 Å². The van der Waals surface area contributed by atoms with Crippen LogP contribution in [-0.4, -0.2) is 23.6 Å². The molecule has 1 atom stereocenters. The largest absolute Gasteiger partial charge is 0.355 e. The lowest BCUT2D eigenvalue weighted by molar-refractivity contribution is -0.120. The molecule has 0 saturated carbocycles. The maximum absolute atomic E-state index is 12.2. The Morgan fingerprint density at radius 2 is 1.96 bits per heavy atom. The number of amides is 2. The van der Waals surface area contributed by atoms with Gasteiger partial charge in [0.05, 0.1) is 5.25 Å². The Morgan fingerprint density at radius 1 is 1.21 bits per heavy atom. The predicted octanol–water partition coefficient (Wildman–Crippen LogP) is 4.13. The second-order valence-corrected chi connectivity index (χ2v) is 7.53. The molecule has 5 heteroatoms. The molecule has 1 aliphatic carbocycles. The molecule has 0 aromatic heterocycles. The molecule has 0 unspecified atom stereocenters. The average molecular weight is 346 g/mol. The van der Waals surface area contributed by atoms with Crippen LogP contribution < -0.4 is 10.6 Å². The fourth-order valence-electron chi connectivity index (χ4n) is 2.70. The van der Waals surface area contributed by atoms with Crippen LogP contribution in [-0.2, 0) is 9.59 Å². The molecule has 4 nitrogen and oxygen atoms in total. The highest BCUT2D eigenvalue weighted by Crippen LogP contribution is 2.25. The number of nitrogens with one attached hydrogen (secondary N) is 2. The molecular formula is C19H26N2O2S. The van der Waals surface area contributed by atoms with Crippen molar-refractivity contribution in [2.75, 3.05) is 11.9 Å². The molecule has 130 valence electrons. The maximum atomic E-state index is 12.2. The van der Waals surface area contributed by atoms with Crippen molar-refractivity contribution in [3.05, 3.63) is 35.9 Å². The zero-order valence-corrected chi connectivity index (χ0v) is 15.2. The average Bonchev–Trinajstić information content (AvgIpc) is 2.57. The van der Waals surface area contributed by atoms with Crippen LogP contribution in [0.4, 0.5) is 5.69 Å². The molecule has 2 N–H and O–H groups in total. The highest BCUT2D eigenvalue weighted by atomic mass is 32.2. The van der Waals surface area contributed by atoms with Crippen molar-refractivity contribution in [2.45, 2.75) is 56.1 Å². The second-order valence-electron chi connectivity index (χ2n) is 6.11. The van der Waals surface area contributed by atoms with Crippen molar-refractivity contribution in [3.63, 3.8) is 0 Å². The Balaban J connectivity index is 1.74. The van der Waals surface area contributed by atoms with Crippen molar-refractivity contribution in [2.24, 2.45) is 0 Å². The summed E-state index contributed by atoms with van der Waals surface area (Å²) in [5, 5.41) is 5.62. The SMILES string of the molecule is CC(=O)Nc1ccc(S[C@H](C)C(=O)NCCC2=CCCCC2)cc1. The van der Waals surface area contributed by atoms with E-state index >= 15 is 0 Å². The molecule has 24 heavy (non-hydrogen) atoms. The van der Waals surface area contributed by atoms with Crippen molar-refractivity contribution >= 4 is 29.3 Å². The molecule has 0 radical (unpaired) electrons. The Kier molecular flexibility index (Phi) is 7.37. The first kappa shape index (κ1) is 18.6. The van der Waals surface area contributed by atoms with Crippen molar-refractivity contribution in [1.82, 2.24) is 5.32 Å². The number of allylic oxidation sites excluding steroid dienone is 1. The van der Waals surface area contributed by atoms with Gasteiger partial charge in [-0.05, 0) is 63.3 Å². The van der Waals surface area contributed by atoms with E-state index in [1.165, 1.54) is 49.9 Å². The van der Waals surface area contributed by atoms with Crippen LogP contribution >= 0.6 is 11.8 Å². The molecule has 0 bridgehead atoms. The number of rotatable bonds is 7. The summed E-state index contributed by atoms with van der Waals surface area (Å²) in [6.07, 6.45) is 8.23. The van der Waals surface area contributed by atoms with Crippen LogP contribution in [0.5, 0.6) is 0 Å². The van der Waals surface area contributed by atoms with Gasteiger partial charge in [0.2, 0.25) is 11.8 Å². The number of hydrogen-bond acceptors (Lipinski definition) is 3. The molecule has 0 fully saturated rings. The zero-order chi connectivity index (χ0) is 17.4. The summed E-state index contributed by atoms with van der Waals surface area (Å²) in [5.41, 5.74) is 2.25. The first-order chi connectivity index (χ1) is 11.5. The van der Waals surface area contributed by atoms with Gasteiger partial charge in [0.25, 0.3) is 0 Å². The van der Waals surface area contributed by atoms with Gasteiger partial charge in [-0.3, -0.25) is 9.59 Å². The zero-order valence-electron chi connectivity index (χ0n) is 14.4. The first-order valence-electron chi connectivity index (χ1n) is 8.54. The second kappa shape index (κ2) is 9.52. The molecule has 2 rings (SSSR count). The van der Waals surface area contributed by atoms with E-state index in [1.54, 1.807) is 0 Å². The van der Waals surface area contributed by atoms with Gasteiger partial charge in [0.15, 0.2) is 0 Å². The standard InChI is InChI=1S/C19H26N2O2S/c1-14(19(23)20-13-12-16-6-4-3-5-7-16)24-18-10-8-17(9-11-18)21-15(2)22/h6,8-11,14H,3-5,7,12-13H2,1-2H3,(H,20,23)(H,21,22)/t14-/m1/s1. The molecule has 0 heterocycles. The monoisotopic (exact) mass is 346 g/mol. The van der Waals surface area contributed by atoms with E-state index in [9.17, 15) is 9.59 Å². The number of carbonyl (C=O) groups is 2. The van der Waals surface area contributed by atoms with Gasteiger partial charge < -0.3 is 10.6 Å². The van der Waals surface area contributed by atoms with Crippen LogP contribution in [0.25, 0.3) is 0 Å².